The second-order valence-corrected chi connectivity index (χ2v) is 8.54. The Bertz CT molecular complexity index is 1160. The van der Waals surface area contributed by atoms with E-state index in [9.17, 15) is 4.79 Å². The number of aryl methyl sites for hydroxylation is 1. The molecule has 0 radical (unpaired) electrons. The van der Waals surface area contributed by atoms with Gasteiger partial charge in [-0.1, -0.05) is 22.9 Å². The standard InChI is InChI=1S/C22H23Br2N3O3/c1-5-13(3)30-21-11-18(24)15(9-20(21)29-6-2)12-25-27-14(4)26-19-8-7-16(23)10-17(19)22(27)28/h7-13H,5-6H2,1-4H3/t13-/m0/s1. The molecule has 8 heteroatoms. The summed E-state index contributed by atoms with van der Waals surface area (Å²) in [7, 11) is 0. The third kappa shape index (κ3) is 4.92. The summed E-state index contributed by atoms with van der Waals surface area (Å²) in [5.41, 5.74) is 1.17. The van der Waals surface area contributed by atoms with Crippen molar-refractivity contribution in [1.29, 1.82) is 0 Å². The van der Waals surface area contributed by atoms with E-state index < -0.39 is 0 Å². The van der Waals surface area contributed by atoms with Crippen molar-refractivity contribution >= 4 is 49.0 Å². The van der Waals surface area contributed by atoms with Gasteiger partial charge in [0.25, 0.3) is 5.56 Å². The minimum absolute atomic E-state index is 0.0693. The molecule has 0 saturated heterocycles. The second kappa shape index (κ2) is 9.75. The zero-order chi connectivity index (χ0) is 21.8. The van der Waals surface area contributed by atoms with E-state index in [1.54, 1.807) is 19.2 Å². The van der Waals surface area contributed by atoms with Gasteiger partial charge in [0, 0.05) is 14.5 Å². The molecule has 0 amide bonds. The van der Waals surface area contributed by atoms with E-state index >= 15 is 0 Å². The molecular formula is C22H23Br2N3O3. The summed E-state index contributed by atoms with van der Waals surface area (Å²) in [6.07, 6.45) is 2.57. The molecule has 0 bridgehead atoms. The lowest BCUT2D eigenvalue weighted by Gasteiger charge is -2.17. The van der Waals surface area contributed by atoms with Crippen molar-refractivity contribution in [1.82, 2.24) is 9.66 Å². The molecular weight excluding hydrogens is 514 g/mol. The van der Waals surface area contributed by atoms with Gasteiger partial charge in [-0.25, -0.2) is 4.98 Å². The van der Waals surface area contributed by atoms with E-state index in [0.717, 1.165) is 20.9 Å². The molecule has 0 saturated carbocycles. The van der Waals surface area contributed by atoms with Crippen LogP contribution in [0, 0.1) is 6.92 Å². The van der Waals surface area contributed by atoms with Gasteiger partial charge in [0.2, 0.25) is 0 Å². The van der Waals surface area contributed by atoms with Gasteiger partial charge in [0.05, 0.1) is 29.8 Å². The topological polar surface area (TPSA) is 65.7 Å². The Kier molecular flexibility index (Phi) is 7.31. The van der Waals surface area contributed by atoms with Crippen molar-refractivity contribution < 1.29 is 9.47 Å². The van der Waals surface area contributed by atoms with Gasteiger partial charge < -0.3 is 9.47 Å². The third-order valence-corrected chi connectivity index (χ3v) is 5.73. The van der Waals surface area contributed by atoms with Crippen LogP contribution in [-0.2, 0) is 0 Å². The van der Waals surface area contributed by atoms with E-state index in [1.165, 1.54) is 4.68 Å². The smallest absolute Gasteiger partial charge is 0.282 e. The first kappa shape index (κ1) is 22.5. The first-order chi connectivity index (χ1) is 14.3. The molecule has 0 N–H and O–H groups in total. The van der Waals surface area contributed by atoms with Crippen LogP contribution in [0.25, 0.3) is 10.9 Å². The normalized spacial score (nSPS) is 12.5. The summed E-state index contributed by atoms with van der Waals surface area (Å²) in [5, 5.41) is 4.90. The van der Waals surface area contributed by atoms with E-state index in [1.807, 2.05) is 38.1 Å². The van der Waals surface area contributed by atoms with E-state index in [-0.39, 0.29) is 11.7 Å². The lowest BCUT2D eigenvalue weighted by Crippen LogP contribution is -2.20. The van der Waals surface area contributed by atoms with Gasteiger partial charge >= 0.3 is 0 Å². The maximum Gasteiger partial charge on any atom is 0.282 e. The van der Waals surface area contributed by atoms with Crippen LogP contribution in [0.4, 0.5) is 0 Å². The molecule has 1 heterocycles. The Hall–Kier alpha value is -2.19. The molecule has 1 aromatic heterocycles. The molecule has 1 atom stereocenters. The fourth-order valence-corrected chi connectivity index (χ4v) is 3.61. The fourth-order valence-electron chi connectivity index (χ4n) is 2.83. The zero-order valence-corrected chi connectivity index (χ0v) is 20.4. The van der Waals surface area contributed by atoms with Gasteiger partial charge in [-0.15, -0.1) is 0 Å². The SMILES string of the molecule is CCOc1cc(C=Nn2c(C)nc3ccc(Br)cc3c2=O)c(Br)cc1O[C@@H](C)CC. The van der Waals surface area contributed by atoms with Gasteiger partial charge in [0.1, 0.15) is 5.82 Å². The Morgan fingerprint density at radius 1 is 1.20 bits per heavy atom. The molecule has 6 nitrogen and oxygen atoms in total. The molecule has 0 aliphatic heterocycles. The van der Waals surface area contributed by atoms with Crippen LogP contribution >= 0.6 is 31.9 Å². The number of hydrogen-bond donors (Lipinski definition) is 0. The third-order valence-electron chi connectivity index (χ3n) is 4.55. The molecule has 3 rings (SSSR count). The van der Waals surface area contributed by atoms with E-state index in [0.29, 0.717) is 34.8 Å². The van der Waals surface area contributed by atoms with Crippen LogP contribution in [0.3, 0.4) is 0 Å². The summed E-state index contributed by atoms with van der Waals surface area (Å²) in [5.74, 6) is 1.80. The monoisotopic (exact) mass is 535 g/mol. The average molecular weight is 537 g/mol. The predicted octanol–water partition coefficient (Wildman–Crippen LogP) is 5.69. The molecule has 0 spiro atoms. The summed E-state index contributed by atoms with van der Waals surface area (Å²) in [6, 6.07) is 9.13. The number of ether oxygens (including phenoxy) is 2. The van der Waals surface area contributed by atoms with Gasteiger partial charge in [-0.05, 0) is 73.5 Å². The maximum absolute atomic E-state index is 12.9. The lowest BCUT2D eigenvalue weighted by molar-refractivity contribution is 0.203. The number of halogens is 2. The first-order valence-electron chi connectivity index (χ1n) is 9.70. The summed E-state index contributed by atoms with van der Waals surface area (Å²) in [6.45, 7) is 8.27. The second-order valence-electron chi connectivity index (χ2n) is 6.77. The molecule has 0 aliphatic rings. The van der Waals surface area contributed by atoms with Crippen molar-refractivity contribution in [2.45, 2.75) is 40.2 Å². The molecule has 0 fully saturated rings. The number of rotatable bonds is 7. The minimum Gasteiger partial charge on any atom is -0.490 e. The Morgan fingerprint density at radius 3 is 2.67 bits per heavy atom. The Morgan fingerprint density at radius 2 is 1.97 bits per heavy atom. The predicted molar refractivity (Wildman–Crippen MR) is 127 cm³/mol. The van der Waals surface area contributed by atoms with Crippen LogP contribution in [0.5, 0.6) is 11.5 Å². The van der Waals surface area contributed by atoms with Gasteiger partial charge in [-0.3, -0.25) is 4.79 Å². The van der Waals surface area contributed by atoms with Crippen LogP contribution < -0.4 is 15.0 Å². The molecule has 3 aromatic rings. The molecule has 0 aliphatic carbocycles. The van der Waals surface area contributed by atoms with Crippen LogP contribution in [0.1, 0.15) is 38.6 Å². The molecule has 2 aromatic carbocycles. The van der Waals surface area contributed by atoms with E-state index in [4.69, 9.17) is 9.47 Å². The zero-order valence-electron chi connectivity index (χ0n) is 17.3. The molecule has 0 unspecified atom stereocenters. The molecule has 30 heavy (non-hydrogen) atoms. The van der Waals surface area contributed by atoms with Crippen molar-refractivity contribution in [2.75, 3.05) is 6.61 Å². The number of benzene rings is 2. The Balaban J connectivity index is 2.03. The van der Waals surface area contributed by atoms with Gasteiger partial charge in [-0.2, -0.15) is 9.78 Å². The van der Waals surface area contributed by atoms with Crippen molar-refractivity contribution in [3.8, 4) is 11.5 Å². The summed E-state index contributed by atoms with van der Waals surface area (Å²) in [4.78, 5) is 17.4. The maximum atomic E-state index is 12.9. The quantitative estimate of drug-likeness (QED) is 0.364. The van der Waals surface area contributed by atoms with Crippen molar-refractivity contribution in [2.24, 2.45) is 5.10 Å². The number of fused-ring (bicyclic) bond motifs is 1. The van der Waals surface area contributed by atoms with Gasteiger partial charge in [0.15, 0.2) is 11.5 Å². The first-order valence-corrected chi connectivity index (χ1v) is 11.3. The highest BCUT2D eigenvalue weighted by molar-refractivity contribution is 9.10. The summed E-state index contributed by atoms with van der Waals surface area (Å²) >= 11 is 6.97. The van der Waals surface area contributed by atoms with Crippen LogP contribution in [-0.4, -0.2) is 28.6 Å². The minimum atomic E-state index is -0.229. The van der Waals surface area contributed by atoms with Crippen molar-refractivity contribution in [3.63, 3.8) is 0 Å². The number of hydrogen-bond acceptors (Lipinski definition) is 5. The van der Waals surface area contributed by atoms with Crippen LogP contribution in [0.15, 0.2) is 49.2 Å². The van der Waals surface area contributed by atoms with Crippen molar-refractivity contribution in [3.05, 3.63) is 61.0 Å². The fraction of sp³-hybridized carbons (Fsp3) is 0.318. The van der Waals surface area contributed by atoms with Crippen LogP contribution in [0.2, 0.25) is 0 Å². The Labute approximate surface area is 192 Å². The lowest BCUT2D eigenvalue weighted by atomic mass is 10.2. The molecule has 158 valence electrons. The summed E-state index contributed by atoms with van der Waals surface area (Å²) < 4.78 is 14.6. The number of aromatic nitrogens is 2. The highest BCUT2D eigenvalue weighted by Crippen LogP contribution is 2.34. The highest BCUT2D eigenvalue weighted by Gasteiger charge is 2.13. The highest BCUT2D eigenvalue weighted by atomic mass is 79.9. The largest absolute Gasteiger partial charge is 0.490 e. The average Bonchev–Trinajstić information content (AvgIpc) is 2.71. The van der Waals surface area contributed by atoms with E-state index in [2.05, 4.69) is 48.9 Å². The number of nitrogens with zero attached hydrogens (tertiary/aromatic N) is 3.